The third kappa shape index (κ3) is 6.20. The Hall–Kier alpha value is -0.970. The lowest BCUT2D eigenvalue weighted by Crippen LogP contribution is -2.55. The molecule has 0 aromatic rings. The van der Waals surface area contributed by atoms with Gasteiger partial charge in [-0.1, -0.05) is 20.8 Å². The minimum atomic E-state index is -0.915. The number of methoxy groups -OCH3 is 1. The minimum Gasteiger partial charge on any atom is -0.446 e. The second-order valence-corrected chi connectivity index (χ2v) is 18.9. The van der Waals surface area contributed by atoms with Gasteiger partial charge in [0.2, 0.25) is 0 Å². The predicted molar refractivity (Wildman–Crippen MR) is 190 cm³/mol. The van der Waals surface area contributed by atoms with Gasteiger partial charge in [0.05, 0.1) is 24.4 Å². The Morgan fingerprint density at radius 1 is 0.939 bits per heavy atom. The van der Waals surface area contributed by atoms with Crippen LogP contribution in [0.1, 0.15) is 106 Å². The molecule has 5 aliphatic carbocycles. The van der Waals surface area contributed by atoms with E-state index in [9.17, 15) is 9.90 Å². The van der Waals surface area contributed by atoms with Gasteiger partial charge in [0.1, 0.15) is 12.2 Å². The standard InChI is InChI=1S/C40H69N3O6/c1-8-47-34(37(4,5)45)30-11-9-28-31(48-30)25-29-27-10-12-32-36(2,3)33(13-14-40(32)26-39(27,40)16-15-38(28,29)6)49-35(44)41-17-18-42-19-21-43(22-20-42)23-24-46-7/h27-34,45H,8-26H2,1-7H3,(H,41,44). The highest BCUT2D eigenvalue weighted by atomic mass is 16.6. The van der Waals surface area contributed by atoms with Crippen LogP contribution >= 0.6 is 0 Å². The second kappa shape index (κ2) is 13.5. The number of piperazine rings is 1. The van der Waals surface area contributed by atoms with Crippen LogP contribution in [0.25, 0.3) is 0 Å². The number of amides is 1. The van der Waals surface area contributed by atoms with Gasteiger partial charge >= 0.3 is 6.09 Å². The van der Waals surface area contributed by atoms with Gasteiger partial charge in [-0.15, -0.1) is 0 Å². The summed E-state index contributed by atoms with van der Waals surface area (Å²) < 4.78 is 24.6. The molecule has 49 heavy (non-hydrogen) atoms. The predicted octanol–water partition coefficient (Wildman–Crippen LogP) is 5.73. The van der Waals surface area contributed by atoms with Crippen LogP contribution in [0.3, 0.4) is 0 Å². The van der Waals surface area contributed by atoms with Gasteiger partial charge in [-0.05, 0) is 125 Å². The lowest BCUT2D eigenvalue weighted by molar-refractivity contribution is -0.193. The fraction of sp³-hybridized carbons (Fsp3) is 0.975. The molecule has 7 aliphatic rings. The van der Waals surface area contributed by atoms with Crippen molar-refractivity contribution < 1.29 is 28.8 Å². The number of ether oxygens (including phenoxy) is 4. The summed E-state index contributed by atoms with van der Waals surface area (Å²) in [6.45, 7) is 21.3. The van der Waals surface area contributed by atoms with Crippen molar-refractivity contribution in [2.75, 3.05) is 66.1 Å². The highest BCUT2D eigenvalue weighted by Crippen LogP contribution is 2.87. The van der Waals surface area contributed by atoms with Gasteiger partial charge in [0, 0.05) is 64.9 Å². The Morgan fingerprint density at radius 2 is 1.65 bits per heavy atom. The number of nitrogens with one attached hydrogen (secondary N) is 1. The highest BCUT2D eigenvalue weighted by Gasteiger charge is 2.81. The van der Waals surface area contributed by atoms with E-state index in [-0.39, 0.29) is 35.9 Å². The van der Waals surface area contributed by atoms with Gasteiger partial charge in [0.15, 0.2) is 0 Å². The summed E-state index contributed by atoms with van der Waals surface area (Å²) in [5, 5.41) is 14.0. The third-order valence-corrected chi connectivity index (χ3v) is 16.0. The first-order chi connectivity index (χ1) is 23.3. The molecule has 2 aliphatic heterocycles. The van der Waals surface area contributed by atoms with E-state index in [1.54, 1.807) is 7.11 Å². The normalized spacial score (nSPS) is 43.7. The summed E-state index contributed by atoms with van der Waals surface area (Å²) in [5.41, 5.74) is 0.299. The van der Waals surface area contributed by atoms with Crippen molar-refractivity contribution >= 4 is 6.09 Å². The maximum absolute atomic E-state index is 13.1. The van der Waals surface area contributed by atoms with Crippen LogP contribution in [0.5, 0.6) is 0 Å². The molecule has 11 unspecified atom stereocenters. The van der Waals surface area contributed by atoms with Crippen molar-refractivity contribution in [3.05, 3.63) is 0 Å². The molecular weight excluding hydrogens is 618 g/mol. The van der Waals surface area contributed by atoms with Crippen LogP contribution < -0.4 is 5.32 Å². The lowest BCUT2D eigenvalue weighted by Gasteiger charge is -2.59. The fourth-order valence-electron chi connectivity index (χ4n) is 13.6. The molecule has 11 atom stereocenters. The fourth-order valence-corrected chi connectivity index (χ4v) is 13.6. The molecule has 1 amide bonds. The number of nitrogens with zero attached hydrogens (tertiary/aromatic N) is 2. The molecule has 5 saturated carbocycles. The molecule has 2 heterocycles. The van der Waals surface area contributed by atoms with Crippen molar-refractivity contribution in [1.82, 2.24) is 15.1 Å². The summed E-state index contributed by atoms with van der Waals surface area (Å²) in [6, 6.07) is 0. The first kappa shape index (κ1) is 36.4. The molecular formula is C40H69N3O6. The van der Waals surface area contributed by atoms with Gasteiger partial charge in [-0.25, -0.2) is 4.79 Å². The smallest absolute Gasteiger partial charge is 0.407 e. The van der Waals surface area contributed by atoms with Crippen LogP contribution in [-0.4, -0.2) is 117 Å². The average Bonchev–Trinajstić information content (AvgIpc) is 3.63. The summed E-state index contributed by atoms with van der Waals surface area (Å²) in [7, 11) is 1.76. The van der Waals surface area contributed by atoms with E-state index >= 15 is 0 Å². The van der Waals surface area contributed by atoms with E-state index in [1.807, 2.05) is 20.8 Å². The molecule has 2 spiro atoms. The first-order valence-corrected chi connectivity index (χ1v) is 20.2. The molecule has 0 radical (unpaired) electrons. The Balaban J connectivity index is 0.946. The molecule has 9 heteroatoms. The Bertz CT molecular complexity index is 1190. The quantitative estimate of drug-likeness (QED) is 0.285. The summed E-state index contributed by atoms with van der Waals surface area (Å²) in [5.74, 6) is 2.74. The zero-order chi connectivity index (χ0) is 34.8. The SMILES string of the molecule is CCOC(C1CCC2C(CC3C4CCC5C(C)(C)C(OC(=O)NCCN6CCN(CCOC)CC6)CCC56CC46CCC23C)O1)C(C)(C)O. The number of rotatable bonds is 11. The molecule has 2 N–H and O–H groups in total. The van der Waals surface area contributed by atoms with E-state index in [4.69, 9.17) is 18.9 Å². The molecule has 0 aromatic heterocycles. The van der Waals surface area contributed by atoms with Crippen molar-refractivity contribution in [3.63, 3.8) is 0 Å². The molecule has 7 fully saturated rings. The molecule has 0 bridgehead atoms. The van der Waals surface area contributed by atoms with Crippen LogP contribution in [0, 0.1) is 45.3 Å². The Kier molecular flexibility index (Phi) is 10.00. The zero-order valence-corrected chi connectivity index (χ0v) is 31.9. The topological polar surface area (TPSA) is 92.7 Å². The average molecular weight is 688 g/mol. The van der Waals surface area contributed by atoms with Gasteiger partial charge in [-0.2, -0.15) is 0 Å². The van der Waals surface area contributed by atoms with E-state index in [0.29, 0.717) is 41.2 Å². The highest BCUT2D eigenvalue weighted by molar-refractivity contribution is 5.67. The number of fused-ring (bicyclic) bond motifs is 4. The number of carbonyl (C=O) groups excluding carboxylic acids is 1. The van der Waals surface area contributed by atoms with Crippen molar-refractivity contribution in [1.29, 1.82) is 0 Å². The third-order valence-electron chi connectivity index (χ3n) is 16.0. The zero-order valence-electron chi connectivity index (χ0n) is 31.9. The largest absolute Gasteiger partial charge is 0.446 e. The maximum Gasteiger partial charge on any atom is 0.407 e. The lowest BCUT2D eigenvalue weighted by atomic mass is 9.46. The number of carbonyl (C=O) groups is 1. The van der Waals surface area contributed by atoms with Crippen LogP contribution in [0.2, 0.25) is 0 Å². The number of aliphatic hydroxyl groups is 1. The molecule has 2 saturated heterocycles. The van der Waals surface area contributed by atoms with Gasteiger partial charge in [0.25, 0.3) is 0 Å². The minimum absolute atomic E-state index is 0.0191. The van der Waals surface area contributed by atoms with Crippen molar-refractivity contribution in [2.45, 2.75) is 136 Å². The molecule has 7 rings (SSSR count). The van der Waals surface area contributed by atoms with E-state index in [2.05, 4.69) is 35.9 Å². The molecule has 0 aromatic carbocycles. The number of hydrogen-bond donors (Lipinski definition) is 2. The van der Waals surface area contributed by atoms with Crippen LogP contribution in [0.4, 0.5) is 4.79 Å². The van der Waals surface area contributed by atoms with Crippen molar-refractivity contribution in [2.24, 2.45) is 45.3 Å². The monoisotopic (exact) mass is 688 g/mol. The van der Waals surface area contributed by atoms with E-state index in [1.165, 1.54) is 51.4 Å². The molecule has 280 valence electrons. The van der Waals surface area contributed by atoms with Crippen molar-refractivity contribution in [3.8, 4) is 0 Å². The number of hydrogen-bond acceptors (Lipinski definition) is 8. The van der Waals surface area contributed by atoms with Crippen LogP contribution in [0.15, 0.2) is 0 Å². The molecule has 9 nitrogen and oxygen atoms in total. The van der Waals surface area contributed by atoms with Gasteiger partial charge in [-0.3, -0.25) is 9.80 Å². The number of alkyl carbamates (subject to hydrolysis) is 1. The summed E-state index contributed by atoms with van der Waals surface area (Å²) >= 11 is 0. The summed E-state index contributed by atoms with van der Waals surface area (Å²) in [4.78, 5) is 18.0. The van der Waals surface area contributed by atoms with E-state index in [0.717, 1.165) is 70.6 Å². The summed E-state index contributed by atoms with van der Waals surface area (Å²) in [6.07, 6.45) is 11.9. The van der Waals surface area contributed by atoms with Crippen LogP contribution in [-0.2, 0) is 18.9 Å². The first-order valence-electron chi connectivity index (χ1n) is 20.2. The second-order valence-electron chi connectivity index (χ2n) is 18.9. The van der Waals surface area contributed by atoms with Gasteiger partial charge < -0.3 is 29.4 Å². The maximum atomic E-state index is 13.1. The Morgan fingerprint density at radius 3 is 2.35 bits per heavy atom. The van der Waals surface area contributed by atoms with E-state index < -0.39 is 5.60 Å². The Labute approximate surface area is 296 Å².